The second kappa shape index (κ2) is 7.04. The summed E-state index contributed by atoms with van der Waals surface area (Å²) < 4.78 is 1.58. The molecule has 0 amide bonds. The van der Waals surface area contributed by atoms with Crippen LogP contribution in [0.1, 0.15) is 13.8 Å². The predicted octanol–water partition coefficient (Wildman–Crippen LogP) is 3.07. The fourth-order valence-electron chi connectivity index (χ4n) is 1.55. The van der Waals surface area contributed by atoms with Gasteiger partial charge in [0.15, 0.2) is 0 Å². The molecule has 0 aromatic rings. The molecule has 6 heteroatoms. The van der Waals surface area contributed by atoms with Crippen LogP contribution in [0.15, 0.2) is 0 Å². The van der Waals surface area contributed by atoms with Crippen molar-refractivity contribution in [2.45, 2.75) is 23.0 Å². The van der Waals surface area contributed by atoms with E-state index in [-0.39, 0.29) is 0 Å². The maximum atomic E-state index is 2.57. The van der Waals surface area contributed by atoms with Gasteiger partial charge in [-0.2, -0.15) is 0 Å². The van der Waals surface area contributed by atoms with Gasteiger partial charge in [0, 0.05) is 45.8 Å². The van der Waals surface area contributed by atoms with Crippen LogP contribution in [0.2, 0.25) is 0 Å². The predicted molar refractivity (Wildman–Crippen MR) is 82.2 cm³/mol. The van der Waals surface area contributed by atoms with Crippen molar-refractivity contribution in [2.75, 3.05) is 36.6 Å². The minimum Gasteiger partial charge on any atom is -0.284 e. The van der Waals surface area contributed by atoms with Gasteiger partial charge in [-0.15, -0.1) is 47.0 Å². The summed E-state index contributed by atoms with van der Waals surface area (Å²) in [6.45, 7) is 7.10. The molecule has 0 aliphatic carbocycles. The highest BCUT2D eigenvalue weighted by molar-refractivity contribution is 8.17. The maximum absolute atomic E-state index is 2.57. The molecule has 0 N–H and O–H groups in total. The lowest BCUT2D eigenvalue weighted by molar-refractivity contribution is 0.290. The summed E-state index contributed by atoms with van der Waals surface area (Å²) in [4.78, 5) is 5.14. The topological polar surface area (TPSA) is 6.48 Å². The second-order valence-electron chi connectivity index (χ2n) is 4.11. The van der Waals surface area contributed by atoms with Crippen molar-refractivity contribution >= 4 is 47.0 Å². The molecular formula is C10H20N2S4. The van der Waals surface area contributed by atoms with Crippen LogP contribution in [0.5, 0.6) is 0 Å². The molecule has 0 aromatic carbocycles. The Hall–Kier alpha value is 1.32. The molecule has 2 aliphatic heterocycles. The van der Waals surface area contributed by atoms with Crippen LogP contribution in [-0.2, 0) is 0 Å². The Labute approximate surface area is 116 Å². The van der Waals surface area contributed by atoms with Crippen LogP contribution >= 0.6 is 47.0 Å². The largest absolute Gasteiger partial charge is 0.284 e. The highest BCUT2D eigenvalue weighted by Gasteiger charge is 2.19. The summed E-state index contributed by atoms with van der Waals surface area (Å²) in [5.74, 6) is 4.88. The van der Waals surface area contributed by atoms with E-state index in [1.165, 1.54) is 36.6 Å². The fraction of sp³-hybridized carbons (Fsp3) is 1.00. The Morgan fingerprint density at radius 3 is 1.38 bits per heavy atom. The number of hydrogen-bond donors (Lipinski definition) is 0. The van der Waals surface area contributed by atoms with Crippen LogP contribution < -0.4 is 0 Å². The zero-order valence-electron chi connectivity index (χ0n) is 9.92. The molecule has 0 radical (unpaired) electrons. The Kier molecular flexibility index (Phi) is 6.05. The van der Waals surface area contributed by atoms with Gasteiger partial charge in [0.1, 0.15) is 0 Å². The van der Waals surface area contributed by atoms with Crippen LogP contribution in [0, 0.1) is 0 Å². The first kappa shape index (κ1) is 13.7. The van der Waals surface area contributed by atoms with Gasteiger partial charge in [0.05, 0.1) is 0 Å². The first-order valence-electron chi connectivity index (χ1n) is 5.65. The first-order valence-corrected chi connectivity index (χ1v) is 9.84. The third-order valence-corrected chi connectivity index (χ3v) is 8.27. The van der Waals surface area contributed by atoms with Gasteiger partial charge in [-0.05, 0) is 13.8 Å². The summed E-state index contributed by atoms with van der Waals surface area (Å²) in [5, 5.41) is 0. The van der Waals surface area contributed by atoms with E-state index in [1.54, 1.807) is 0 Å². The first-order chi connectivity index (χ1) is 7.74. The van der Waals surface area contributed by atoms with E-state index in [9.17, 15) is 0 Å². The molecule has 0 saturated carbocycles. The van der Waals surface area contributed by atoms with Gasteiger partial charge in [0.25, 0.3) is 0 Å². The molecular weight excluding hydrogens is 276 g/mol. The second-order valence-corrected chi connectivity index (χ2v) is 9.90. The number of rotatable bonds is 3. The lowest BCUT2D eigenvalue weighted by Gasteiger charge is -2.33. The van der Waals surface area contributed by atoms with E-state index in [0.29, 0.717) is 0 Å². The Balaban J connectivity index is 1.60. The smallest absolute Gasteiger partial charge is 0.0500 e. The molecule has 2 aliphatic rings. The Bertz CT molecular complexity index is 179. The van der Waals surface area contributed by atoms with Crippen LogP contribution in [0.3, 0.4) is 0 Å². The van der Waals surface area contributed by atoms with Crippen molar-refractivity contribution in [1.82, 2.24) is 9.80 Å². The van der Waals surface area contributed by atoms with E-state index < -0.39 is 0 Å². The standard InChI is InChI=1S/C10H20N2S4/c1-9-13-5-11(6-14-9)3-4-12-7-15-10(2)16-8-12/h9-10H,3-8H2,1-2H3. The average Bonchev–Trinajstić information content (AvgIpc) is 2.30. The van der Waals surface area contributed by atoms with Crippen molar-refractivity contribution in [3.05, 3.63) is 0 Å². The number of thioether (sulfide) groups is 4. The molecule has 94 valence electrons. The number of nitrogens with zero attached hydrogens (tertiary/aromatic N) is 2. The summed E-state index contributed by atoms with van der Waals surface area (Å²) in [5.41, 5.74) is 0. The molecule has 16 heavy (non-hydrogen) atoms. The van der Waals surface area contributed by atoms with Gasteiger partial charge in [-0.25, -0.2) is 0 Å². The molecule has 0 aromatic heterocycles. The zero-order valence-corrected chi connectivity index (χ0v) is 13.2. The molecule has 2 rings (SSSR count). The third kappa shape index (κ3) is 4.53. The Morgan fingerprint density at radius 2 is 1.06 bits per heavy atom. The Morgan fingerprint density at radius 1 is 0.750 bits per heavy atom. The SMILES string of the molecule is CC1SCN(CCN2CSC(C)SC2)CS1. The van der Waals surface area contributed by atoms with Crippen LogP contribution in [-0.4, -0.2) is 55.6 Å². The lowest BCUT2D eigenvalue weighted by Crippen LogP contribution is -2.38. The minimum atomic E-state index is 0.790. The lowest BCUT2D eigenvalue weighted by atomic mass is 10.5. The maximum Gasteiger partial charge on any atom is 0.0500 e. The normalized spacial score (nSPS) is 27.4. The molecule has 2 heterocycles. The fourth-order valence-corrected chi connectivity index (χ4v) is 5.85. The molecule has 0 atom stereocenters. The molecule has 2 nitrogen and oxygen atoms in total. The van der Waals surface area contributed by atoms with Gasteiger partial charge in [0.2, 0.25) is 0 Å². The van der Waals surface area contributed by atoms with Crippen LogP contribution in [0.25, 0.3) is 0 Å². The molecule has 0 bridgehead atoms. The van der Waals surface area contributed by atoms with E-state index in [2.05, 4.69) is 70.7 Å². The van der Waals surface area contributed by atoms with Crippen molar-refractivity contribution in [3.8, 4) is 0 Å². The molecule has 0 unspecified atom stereocenters. The van der Waals surface area contributed by atoms with Crippen molar-refractivity contribution in [2.24, 2.45) is 0 Å². The van der Waals surface area contributed by atoms with E-state index in [1.807, 2.05) is 0 Å². The summed E-state index contributed by atoms with van der Waals surface area (Å²) in [6, 6.07) is 0. The van der Waals surface area contributed by atoms with E-state index in [4.69, 9.17) is 0 Å². The van der Waals surface area contributed by atoms with E-state index in [0.717, 1.165) is 9.16 Å². The summed E-state index contributed by atoms with van der Waals surface area (Å²) in [7, 11) is 0. The molecule has 2 fully saturated rings. The van der Waals surface area contributed by atoms with E-state index >= 15 is 0 Å². The van der Waals surface area contributed by atoms with Crippen molar-refractivity contribution in [3.63, 3.8) is 0 Å². The van der Waals surface area contributed by atoms with Gasteiger partial charge in [-0.3, -0.25) is 9.80 Å². The van der Waals surface area contributed by atoms with Gasteiger partial charge >= 0.3 is 0 Å². The van der Waals surface area contributed by atoms with Crippen molar-refractivity contribution in [1.29, 1.82) is 0 Å². The highest BCUT2D eigenvalue weighted by atomic mass is 32.2. The molecule has 0 spiro atoms. The third-order valence-electron chi connectivity index (χ3n) is 2.70. The quantitative estimate of drug-likeness (QED) is 0.784. The zero-order chi connectivity index (χ0) is 11.4. The summed E-state index contributed by atoms with van der Waals surface area (Å²) in [6.07, 6.45) is 0. The van der Waals surface area contributed by atoms with Gasteiger partial charge < -0.3 is 0 Å². The molecule has 2 saturated heterocycles. The summed E-state index contributed by atoms with van der Waals surface area (Å²) >= 11 is 8.29. The van der Waals surface area contributed by atoms with Crippen molar-refractivity contribution < 1.29 is 0 Å². The van der Waals surface area contributed by atoms with Crippen LogP contribution in [0.4, 0.5) is 0 Å². The average molecular weight is 297 g/mol. The monoisotopic (exact) mass is 296 g/mol. The van der Waals surface area contributed by atoms with Gasteiger partial charge in [-0.1, -0.05) is 0 Å². The minimum absolute atomic E-state index is 0.790. The number of hydrogen-bond acceptors (Lipinski definition) is 6. The highest BCUT2D eigenvalue weighted by Crippen LogP contribution is 2.31.